The van der Waals surface area contributed by atoms with E-state index in [0.717, 1.165) is 24.3 Å². The van der Waals surface area contributed by atoms with Crippen LogP contribution in [0.25, 0.3) is 0 Å². The third-order valence-corrected chi connectivity index (χ3v) is 4.95. The molecule has 0 aromatic carbocycles. The van der Waals surface area contributed by atoms with Gasteiger partial charge < -0.3 is 15.5 Å². The number of guanidine groups is 1. The molecule has 2 rings (SSSR count). The molecule has 0 aromatic rings. The monoisotopic (exact) mass is 308 g/mol. The molecule has 1 aliphatic carbocycles. The van der Waals surface area contributed by atoms with Gasteiger partial charge in [0.25, 0.3) is 0 Å². The lowest BCUT2D eigenvalue weighted by Gasteiger charge is -2.34. The van der Waals surface area contributed by atoms with Gasteiger partial charge in [0.05, 0.1) is 0 Å². The number of hydrogen-bond donors (Lipinski definition) is 2. The Kier molecular flexibility index (Phi) is 7.50. The second-order valence-electron chi connectivity index (χ2n) is 7.59. The minimum atomic E-state index is 0.628. The van der Waals surface area contributed by atoms with Gasteiger partial charge in [-0.15, -0.1) is 0 Å². The summed E-state index contributed by atoms with van der Waals surface area (Å²) in [6.45, 7) is 9.46. The van der Waals surface area contributed by atoms with E-state index in [1.54, 1.807) is 0 Å². The minimum Gasteiger partial charge on any atom is -0.356 e. The van der Waals surface area contributed by atoms with Gasteiger partial charge in [0.15, 0.2) is 5.96 Å². The number of piperidine rings is 1. The molecule has 0 radical (unpaired) electrons. The van der Waals surface area contributed by atoms with Crippen LogP contribution in [0.1, 0.15) is 58.8 Å². The standard InChI is InChI=1S/C18H36N4/c1-15(2)13-22-11-7-8-16(14-22)12-20-18(19-3)21-17-9-5-4-6-10-17/h15-17H,4-14H2,1-3H3,(H2,19,20,21). The molecule has 0 spiro atoms. The largest absolute Gasteiger partial charge is 0.356 e. The highest BCUT2D eigenvalue weighted by atomic mass is 15.2. The van der Waals surface area contributed by atoms with Gasteiger partial charge in [0.1, 0.15) is 0 Å². The van der Waals surface area contributed by atoms with Crippen LogP contribution in [0.5, 0.6) is 0 Å². The zero-order chi connectivity index (χ0) is 15.8. The van der Waals surface area contributed by atoms with Gasteiger partial charge in [-0.05, 0) is 44.1 Å². The molecule has 0 aromatic heterocycles. The van der Waals surface area contributed by atoms with E-state index in [2.05, 4.69) is 34.4 Å². The maximum atomic E-state index is 4.41. The fourth-order valence-corrected chi connectivity index (χ4v) is 3.88. The van der Waals surface area contributed by atoms with Crippen molar-refractivity contribution >= 4 is 5.96 Å². The molecule has 1 saturated carbocycles. The van der Waals surface area contributed by atoms with E-state index in [4.69, 9.17) is 0 Å². The summed E-state index contributed by atoms with van der Waals surface area (Å²) in [4.78, 5) is 7.05. The second kappa shape index (κ2) is 9.39. The van der Waals surface area contributed by atoms with Crippen molar-refractivity contribution < 1.29 is 0 Å². The van der Waals surface area contributed by atoms with Crippen molar-refractivity contribution in [2.45, 2.75) is 64.8 Å². The Balaban J connectivity index is 1.70. The van der Waals surface area contributed by atoms with Crippen LogP contribution in [0.3, 0.4) is 0 Å². The SMILES string of the molecule is CN=C(NCC1CCCN(CC(C)C)C1)NC1CCCCC1. The summed E-state index contributed by atoms with van der Waals surface area (Å²) in [7, 11) is 1.89. The highest BCUT2D eigenvalue weighted by Gasteiger charge is 2.21. The van der Waals surface area contributed by atoms with Gasteiger partial charge >= 0.3 is 0 Å². The average Bonchev–Trinajstić information content (AvgIpc) is 2.52. The summed E-state index contributed by atoms with van der Waals surface area (Å²) in [6, 6.07) is 0.628. The molecule has 1 heterocycles. The van der Waals surface area contributed by atoms with Crippen molar-refractivity contribution in [3.63, 3.8) is 0 Å². The molecule has 2 fully saturated rings. The molecule has 22 heavy (non-hydrogen) atoms. The molecule has 2 aliphatic rings. The van der Waals surface area contributed by atoms with E-state index in [0.29, 0.717) is 6.04 Å². The van der Waals surface area contributed by atoms with Gasteiger partial charge in [-0.1, -0.05) is 33.1 Å². The highest BCUT2D eigenvalue weighted by molar-refractivity contribution is 5.79. The van der Waals surface area contributed by atoms with Crippen molar-refractivity contribution in [2.24, 2.45) is 16.8 Å². The fraction of sp³-hybridized carbons (Fsp3) is 0.944. The molecule has 1 unspecified atom stereocenters. The summed E-state index contributed by atoms with van der Waals surface area (Å²) in [5.74, 6) is 2.54. The first-order chi connectivity index (χ1) is 10.7. The maximum absolute atomic E-state index is 4.41. The molecule has 1 atom stereocenters. The van der Waals surface area contributed by atoms with Crippen LogP contribution in [-0.2, 0) is 0 Å². The maximum Gasteiger partial charge on any atom is 0.191 e. The zero-order valence-electron chi connectivity index (χ0n) is 14.9. The van der Waals surface area contributed by atoms with E-state index in [1.807, 2.05) is 7.05 Å². The van der Waals surface area contributed by atoms with Gasteiger partial charge in [0.2, 0.25) is 0 Å². The molecule has 4 heteroatoms. The molecule has 0 amide bonds. The predicted octanol–water partition coefficient (Wildman–Crippen LogP) is 2.85. The van der Waals surface area contributed by atoms with Crippen molar-refractivity contribution in [1.82, 2.24) is 15.5 Å². The molecule has 1 saturated heterocycles. The molecule has 128 valence electrons. The van der Waals surface area contributed by atoms with Gasteiger partial charge in [-0.3, -0.25) is 4.99 Å². The third kappa shape index (κ3) is 6.15. The molecule has 0 bridgehead atoms. The quantitative estimate of drug-likeness (QED) is 0.606. The van der Waals surface area contributed by atoms with Crippen LogP contribution in [-0.4, -0.2) is 50.1 Å². The number of nitrogens with one attached hydrogen (secondary N) is 2. The number of likely N-dealkylation sites (tertiary alicyclic amines) is 1. The van der Waals surface area contributed by atoms with Crippen LogP contribution in [0.4, 0.5) is 0 Å². The van der Waals surface area contributed by atoms with E-state index in [-0.39, 0.29) is 0 Å². The molecular weight excluding hydrogens is 272 g/mol. The molecular formula is C18H36N4. The third-order valence-electron chi connectivity index (χ3n) is 4.95. The summed E-state index contributed by atoms with van der Waals surface area (Å²) in [5, 5.41) is 7.19. The van der Waals surface area contributed by atoms with Gasteiger partial charge in [0, 0.05) is 32.7 Å². The summed E-state index contributed by atoms with van der Waals surface area (Å²) >= 11 is 0. The Labute approximate surface area is 137 Å². The van der Waals surface area contributed by atoms with Gasteiger partial charge in [-0.2, -0.15) is 0 Å². The first-order valence-corrected chi connectivity index (χ1v) is 9.37. The number of rotatable bonds is 5. The minimum absolute atomic E-state index is 0.628. The summed E-state index contributed by atoms with van der Waals surface area (Å²) in [5.41, 5.74) is 0. The Bertz CT molecular complexity index is 334. The van der Waals surface area contributed by atoms with Crippen LogP contribution >= 0.6 is 0 Å². The van der Waals surface area contributed by atoms with Crippen LogP contribution in [0.2, 0.25) is 0 Å². The summed E-state index contributed by atoms with van der Waals surface area (Å²) < 4.78 is 0. The molecule has 2 N–H and O–H groups in total. The van der Waals surface area contributed by atoms with Crippen LogP contribution in [0, 0.1) is 11.8 Å². The second-order valence-corrected chi connectivity index (χ2v) is 7.59. The fourth-order valence-electron chi connectivity index (χ4n) is 3.88. The Morgan fingerprint density at radius 3 is 2.59 bits per heavy atom. The topological polar surface area (TPSA) is 39.7 Å². The van der Waals surface area contributed by atoms with Crippen molar-refractivity contribution in [2.75, 3.05) is 33.2 Å². The lowest BCUT2D eigenvalue weighted by Crippen LogP contribution is -2.47. The number of nitrogens with zero attached hydrogens (tertiary/aromatic N) is 2. The first kappa shape index (κ1) is 17.6. The van der Waals surface area contributed by atoms with Crippen molar-refractivity contribution in [3.05, 3.63) is 0 Å². The van der Waals surface area contributed by atoms with E-state index in [1.165, 1.54) is 64.6 Å². The Morgan fingerprint density at radius 2 is 1.91 bits per heavy atom. The average molecular weight is 309 g/mol. The van der Waals surface area contributed by atoms with E-state index < -0.39 is 0 Å². The van der Waals surface area contributed by atoms with Gasteiger partial charge in [-0.25, -0.2) is 0 Å². The van der Waals surface area contributed by atoms with Crippen LogP contribution < -0.4 is 10.6 Å². The summed E-state index contributed by atoms with van der Waals surface area (Å²) in [6.07, 6.45) is 9.41. The lowest BCUT2D eigenvalue weighted by atomic mass is 9.95. The van der Waals surface area contributed by atoms with Crippen LogP contribution in [0.15, 0.2) is 4.99 Å². The van der Waals surface area contributed by atoms with E-state index in [9.17, 15) is 0 Å². The number of hydrogen-bond acceptors (Lipinski definition) is 2. The zero-order valence-corrected chi connectivity index (χ0v) is 14.9. The predicted molar refractivity (Wildman–Crippen MR) is 95.4 cm³/mol. The number of aliphatic imine (C=N–C) groups is 1. The first-order valence-electron chi connectivity index (χ1n) is 9.37. The van der Waals surface area contributed by atoms with Crippen molar-refractivity contribution in [1.29, 1.82) is 0 Å². The van der Waals surface area contributed by atoms with Crippen molar-refractivity contribution in [3.8, 4) is 0 Å². The smallest absolute Gasteiger partial charge is 0.191 e. The molecule has 1 aliphatic heterocycles. The molecule has 4 nitrogen and oxygen atoms in total. The normalized spacial score (nSPS) is 25.5. The Hall–Kier alpha value is -0.770. The lowest BCUT2D eigenvalue weighted by molar-refractivity contribution is 0.159. The van der Waals surface area contributed by atoms with E-state index >= 15 is 0 Å². The Morgan fingerprint density at radius 1 is 1.14 bits per heavy atom. The highest BCUT2D eigenvalue weighted by Crippen LogP contribution is 2.18.